The molecule has 0 bridgehead atoms. The van der Waals surface area contributed by atoms with Gasteiger partial charge in [0.2, 0.25) is 6.79 Å². The molecule has 0 N–H and O–H groups in total. The Morgan fingerprint density at radius 3 is 2.57 bits per heavy atom. The highest BCUT2D eigenvalue weighted by Gasteiger charge is 2.22. The summed E-state index contributed by atoms with van der Waals surface area (Å²) in [4.78, 5) is 16.9. The van der Waals surface area contributed by atoms with Crippen molar-refractivity contribution in [2.24, 2.45) is 0 Å². The molecule has 2 aromatic carbocycles. The van der Waals surface area contributed by atoms with Crippen molar-refractivity contribution < 1.29 is 19.0 Å². The number of rotatable bonds is 6. The molecule has 2 aliphatic rings. The van der Waals surface area contributed by atoms with Gasteiger partial charge in [0.1, 0.15) is 5.75 Å². The Kier molecular flexibility index (Phi) is 6.13. The van der Waals surface area contributed by atoms with Crippen LogP contribution in [0.2, 0.25) is 0 Å². The van der Waals surface area contributed by atoms with Crippen molar-refractivity contribution in [3.05, 3.63) is 53.1 Å². The van der Waals surface area contributed by atoms with Crippen LogP contribution in [0.5, 0.6) is 17.2 Å². The molecule has 6 nitrogen and oxygen atoms in total. The summed E-state index contributed by atoms with van der Waals surface area (Å²) in [5.41, 5.74) is 3.48. The third kappa shape index (κ3) is 4.70. The fourth-order valence-corrected chi connectivity index (χ4v) is 3.93. The van der Waals surface area contributed by atoms with Crippen molar-refractivity contribution in [3.8, 4) is 17.2 Å². The largest absolute Gasteiger partial charge is 0.483 e. The maximum Gasteiger partial charge on any atom is 0.260 e. The molecule has 0 aliphatic carbocycles. The Balaban J connectivity index is 1.27. The molecule has 4 rings (SSSR count). The summed E-state index contributed by atoms with van der Waals surface area (Å²) in [5, 5.41) is 0. The Morgan fingerprint density at radius 2 is 1.80 bits per heavy atom. The summed E-state index contributed by atoms with van der Waals surface area (Å²) in [6, 6.07) is 12.3. The summed E-state index contributed by atoms with van der Waals surface area (Å²) in [6.07, 6.45) is 0. The van der Waals surface area contributed by atoms with Gasteiger partial charge < -0.3 is 19.1 Å². The summed E-state index contributed by atoms with van der Waals surface area (Å²) in [6.45, 7) is 10.7. The highest BCUT2D eigenvalue weighted by molar-refractivity contribution is 5.78. The van der Waals surface area contributed by atoms with E-state index in [0.29, 0.717) is 12.7 Å². The van der Waals surface area contributed by atoms with E-state index in [4.69, 9.17) is 14.2 Å². The molecule has 0 aromatic heterocycles. The molecule has 1 amide bonds. The number of carbonyl (C=O) groups excluding carboxylic acids is 1. The number of aryl methyl sites for hydroxylation is 1. The van der Waals surface area contributed by atoms with Gasteiger partial charge in [0.15, 0.2) is 18.1 Å². The van der Waals surface area contributed by atoms with Crippen LogP contribution in [0.4, 0.5) is 0 Å². The molecule has 0 atom stereocenters. The van der Waals surface area contributed by atoms with Gasteiger partial charge in [-0.05, 0) is 47.7 Å². The number of amides is 1. The number of fused-ring (bicyclic) bond motifs is 1. The van der Waals surface area contributed by atoms with Crippen LogP contribution in [-0.2, 0) is 11.3 Å². The number of hydrogen-bond donors (Lipinski definition) is 0. The minimum absolute atomic E-state index is 0.0499. The third-order valence-electron chi connectivity index (χ3n) is 5.71. The van der Waals surface area contributed by atoms with E-state index >= 15 is 0 Å². The van der Waals surface area contributed by atoms with E-state index in [1.807, 2.05) is 30.0 Å². The SMILES string of the molecule is Cc1ccc(C(C)C)c(OCC(=O)N2CCN(Cc3ccc4c(c3)OCO4)CC2)c1. The van der Waals surface area contributed by atoms with Gasteiger partial charge in [-0.25, -0.2) is 0 Å². The first-order chi connectivity index (χ1) is 14.5. The zero-order chi connectivity index (χ0) is 21.1. The lowest BCUT2D eigenvalue weighted by Crippen LogP contribution is -2.49. The number of carbonyl (C=O) groups is 1. The van der Waals surface area contributed by atoms with Crippen molar-refractivity contribution in [3.63, 3.8) is 0 Å². The normalized spacial score (nSPS) is 16.2. The highest BCUT2D eigenvalue weighted by atomic mass is 16.7. The fraction of sp³-hybridized carbons (Fsp3) is 0.458. The first-order valence-corrected chi connectivity index (χ1v) is 10.6. The maximum absolute atomic E-state index is 12.7. The van der Waals surface area contributed by atoms with Gasteiger partial charge in [0, 0.05) is 32.7 Å². The van der Waals surface area contributed by atoms with E-state index in [-0.39, 0.29) is 12.5 Å². The van der Waals surface area contributed by atoms with Crippen LogP contribution >= 0.6 is 0 Å². The van der Waals surface area contributed by atoms with Gasteiger partial charge in [-0.2, -0.15) is 0 Å². The molecule has 2 aromatic rings. The molecule has 6 heteroatoms. The zero-order valence-electron chi connectivity index (χ0n) is 18.0. The van der Waals surface area contributed by atoms with Gasteiger partial charge in [-0.1, -0.05) is 32.0 Å². The lowest BCUT2D eigenvalue weighted by atomic mass is 10.0. The van der Waals surface area contributed by atoms with E-state index < -0.39 is 0 Å². The van der Waals surface area contributed by atoms with Crippen molar-refractivity contribution in [1.82, 2.24) is 9.80 Å². The van der Waals surface area contributed by atoms with E-state index in [2.05, 4.69) is 36.9 Å². The van der Waals surface area contributed by atoms with Crippen LogP contribution in [0.25, 0.3) is 0 Å². The molecule has 1 saturated heterocycles. The second kappa shape index (κ2) is 8.96. The molecule has 0 unspecified atom stereocenters. The van der Waals surface area contributed by atoms with Crippen molar-refractivity contribution in [2.45, 2.75) is 33.2 Å². The summed E-state index contributed by atoms with van der Waals surface area (Å²) in [7, 11) is 0. The zero-order valence-corrected chi connectivity index (χ0v) is 18.0. The van der Waals surface area contributed by atoms with E-state index in [1.165, 1.54) is 5.56 Å². The average Bonchev–Trinajstić information content (AvgIpc) is 3.20. The van der Waals surface area contributed by atoms with E-state index in [1.54, 1.807) is 0 Å². The predicted molar refractivity (Wildman–Crippen MR) is 115 cm³/mol. The molecule has 2 heterocycles. The molecule has 0 radical (unpaired) electrons. The van der Waals surface area contributed by atoms with Crippen LogP contribution in [0.1, 0.15) is 36.5 Å². The van der Waals surface area contributed by atoms with Gasteiger partial charge in [-0.15, -0.1) is 0 Å². The predicted octanol–water partition coefficient (Wildman–Crippen LogP) is 3.57. The minimum atomic E-state index is 0.0499. The topological polar surface area (TPSA) is 51.2 Å². The van der Waals surface area contributed by atoms with Crippen LogP contribution in [0, 0.1) is 6.92 Å². The van der Waals surface area contributed by atoms with Crippen molar-refractivity contribution in [1.29, 1.82) is 0 Å². The maximum atomic E-state index is 12.7. The van der Waals surface area contributed by atoms with E-state index in [9.17, 15) is 4.79 Å². The number of benzene rings is 2. The van der Waals surface area contributed by atoms with Crippen LogP contribution < -0.4 is 14.2 Å². The molecular formula is C24H30N2O4. The molecule has 2 aliphatic heterocycles. The summed E-state index contributed by atoms with van der Waals surface area (Å²) >= 11 is 0. The van der Waals surface area contributed by atoms with Crippen LogP contribution in [0.15, 0.2) is 36.4 Å². The Labute approximate surface area is 178 Å². The summed E-state index contributed by atoms with van der Waals surface area (Å²) in [5.74, 6) is 2.85. The van der Waals surface area contributed by atoms with Gasteiger partial charge >= 0.3 is 0 Å². The highest BCUT2D eigenvalue weighted by Crippen LogP contribution is 2.33. The van der Waals surface area contributed by atoms with Crippen molar-refractivity contribution in [2.75, 3.05) is 39.6 Å². The second-order valence-corrected chi connectivity index (χ2v) is 8.33. The molecular weight excluding hydrogens is 380 g/mol. The minimum Gasteiger partial charge on any atom is -0.483 e. The lowest BCUT2D eigenvalue weighted by Gasteiger charge is -2.34. The second-order valence-electron chi connectivity index (χ2n) is 8.33. The lowest BCUT2D eigenvalue weighted by molar-refractivity contribution is -0.135. The Hall–Kier alpha value is -2.73. The van der Waals surface area contributed by atoms with Gasteiger partial charge in [-0.3, -0.25) is 9.69 Å². The quantitative estimate of drug-likeness (QED) is 0.729. The van der Waals surface area contributed by atoms with Gasteiger partial charge in [0.05, 0.1) is 0 Å². The molecule has 30 heavy (non-hydrogen) atoms. The summed E-state index contributed by atoms with van der Waals surface area (Å²) < 4.78 is 16.8. The third-order valence-corrected chi connectivity index (χ3v) is 5.71. The Morgan fingerprint density at radius 1 is 1.03 bits per heavy atom. The van der Waals surface area contributed by atoms with Crippen molar-refractivity contribution >= 4 is 5.91 Å². The number of piperazine rings is 1. The standard InChI is InChI=1S/C24H30N2O4/c1-17(2)20-6-4-18(3)12-22(20)28-15-24(27)26-10-8-25(9-11-26)14-19-5-7-21-23(13-19)30-16-29-21/h4-7,12-13,17H,8-11,14-16H2,1-3H3. The first kappa shape index (κ1) is 20.5. The van der Waals surface area contributed by atoms with Crippen LogP contribution in [-0.4, -0.2) is 55.3 Å². The fourth-order valence-electron chi connectivity index (χ4n) is 3.93. The van der Waals surface area contributed by atoms with Gasteiger partial charge in [0.25, 0.3) is 5.91 Å². The first-order valence-electron chi connectivity index (χ1n) is 10.6. The average molecular weight is 411 g/mol. The number of hydrogen-bond acceptors (Lipinski definition) is 5. The Bertz CT molecular complexity index is 904. The number of nitrogens with zero attached hydrogens (tertiary/aromatic N) is 2. The molecule has 0 saturated carbocycles. The van der Waals surface area contributed by atoms with E-state index in [0.717, 1.165) is 61.1 Å². The molecule has 1 fully saturated rings. The monoisotopic (exact) mass is 410 g/mol. The van der Waals surface area contributed by atoms with Crippen LogP contribution in [0.3, 0.4) is 0 Å². The number of ether oxygens (including phenoxy) is 3. The molecule has 0 spiro atoms. The molecule has 160 valence electrons. The smallest absolute Gasteiger partial charge is 0.260 e.